The van der Waals surface area contributed by atoms with E-state index in [9.17, 15) is 0 Å². The van der Waals surface area contributed by atoms with Crippen molar-refractivity contribution < 1.29 is 0 Å². The van der Waals surface area contributed by atoms with Crippen LogP contribution in [0.15, 0.2) is 54.9 Å². The minimum absolute atomic E-state index is 0.872. The van der Waals surface area contributed by atoms with Crippen molar-refractivity contribution in [2.75, 3.05) is 0 Å². The molecule has 0 fully saturated rings. The van der Waals surface area contributed by atoms with Gasteiger partial charge in [0.05, 0.1) is 11.9 Å². The Kier molecular flexibility index (Phi) is 1.75. The van der Waals surface area contributed by atoms with Crippen molar-refractivity contribution in [2.45, 2.75) is 0 Å². The first-order chi connectivity index (χ1) is 7.45. The Balaban J connectivity index is 2.31. The molecule has 15 heavy (non-hydrogen) atoms. The lowest BCUT2D eigenvalue weighted by molar-refractivity contribution is 0.948. The maximum atomic E-state index is 4.25. The van der Waals surface area contributed by atoms with Crippen LogP contribution < -0.4 is 0 Å². The molecule has 0 spiro atoms. The van der Waals surface area contributed by atoms with Crippen molar-refractivity contribution in [1.29, 1.82) is 0 Å². The molecule has 0 amide bonds. The highest BCUT2D eigenvalue weighted by molar-refractivity contribution is 5.61. The molecule has 72 valence electrons. The third-order valence-corrected chi connectivity index (χ3v) is 2.36. The Morgan fingerprint density at radius 2 is 1.73 bits per heavy atom. The summed E-state index contributed by atoms with van der Waals surface area (Å²) >= 11 is 0. The highest BCUT2D eigenvalue weighted by Gasteiger charge is 2.02. The molecule has 0 bridgehead atoms. The second-order valence-corrected chi connectivity index (χ2v) is 3.30. The van der Waals surface area contributed by atoms with Crippen molar-refractivity contribution in [3.8, 4) is 11.3 Å². The third kappa shape index (κ3) is 1.29. The van der Waals surface area contributed by atoms with Gasteiger partial charge in [-0.05, 0) is 6.07 Å². The van der Waals surface area contributed by atoms with E-state index in [1.165, 1.54) is 0 Å². The van der Waals surface area contributed by atoms with Crippen molar-refractivity contribution in [3.05, 3.63) is 54.9 Å². The number of hydrogen-bond acceptors (Lipinski definition) is 2. The minimum Gasteiger partial charge on any atom is -0.237 e. The number of fused-ring (bicyclic) bond motifs is 1. The summed E-state index contributed by atoms with van der Waals surface area (Å²) < 4.78 is 1.84. The quantitative estimate of drug-likeness (QED) is 0.596. The maximum absolute atomic E-state index is 4.25. The molecule has 0 atom stereocenters. The summed E-state index contributed by atoms with van der Waals surface area (Å²) in [6.07, 6.45) is 3.56. The molecule has 0 saturated heterocycles. The van der Waals surface area contributed by atoms with E-state index in [1.807, 2.05) is 34.8 Å². The number of benzene rings is 1. The first-order valence-corrected chi connectivity index (χ1v) is 4.79. The van der Waals surface area contributed by atoms with Crippen LogP contribution in [0.4, 0.5) is 0 Å². The number of aromatic nitrogens is 3. The Morgan fingerprint density at radius 3 is 2.60 bits per heavy atom. The average Bonchev–Trinajstić information content (AvgIpc) is 2.78. The number of rotatable bonds is 1. The molecule has 2 heterocycles. The Labute approximate surface area is 87.0 Å². The predicted molar refractivity (Wildman–Crippen MR) is 58.4 cm³/mol. The molecule has 2 aromatic heterocycles. The summed E-state index contributed by atoms with van der Waals surface area (Å²) in [6.45, 7) is 0. The summed E-state index contributed by atoms with van der Waals surface area (Å²) in [5.41, 5.74) is 3.08. The molecule has 0 unspecified atom stereocenters. The Bertz CT molecular complexity index is 584. The van der Waals surface area contributed by atoms with Crippen LogP contribution in [0.3, 0.4) is 0 Å². The molecule has 0 aliphatic heterocycles. The number of nitrogens with zero attached hydrogens (tertiary/aromatic N) is 3. The van der Waals surface area contributed by atoms with Gasteiger partial charge in [-0.3, -0.25) is 0 Å². The van der Waals surface area contributed by atoms with Crippen LogP contribution in [0, 0.1) is 0 Å². The van der Waals surface area contributed by atoms with Crippen molar-refractivity contribution >= 4 is 5.65 Å². The van der Waals surface area contributed by atoms with E-state index < -0.39 is 0 Å². The number of hydrogen-bond donors (Lipinski definition) is 0. The monoisotopic (exact) mass is 195 g/mol. The van der Waals surface area contributed by atoms with Crippen LogP contribution in [0.25, 0.3) is 16.9 Å². The molecule has 3 rings (SSSR count). The van der Waals surface area contributed by atoms with Gasteiger partial charge in [-0.2, -0.15) is 5.10 Å². The van der Waals surface area contributed by atoms with Gasteiger partial charge < -0.3 is 0 Å². The molecule has 0 saturated carbocycles. The fraction of sp³-hybridized carbons (Fsp3) is 0. The maximum Gasteiger partial charge on any atom is 0.155 e. The van der Waals surface area contributed by atoms with Crippen LogP contribution in [0.2, 0.25) is 0 Å². The standard InChI is InChI=1S/C12H9N3/c1-2-4-10(5-3-1)11-6-8-13-12-7-9-14-15(11)12/h1-9H. The predicted octanol–water partition coefficient (Wildman–Crippen LogP) is 2.40. The first-order valence-electron chi connectivity index (χ1n) is 4.79. The van der Waals surface area contributed by atoms with Crippen LogP contribution in [-0.2, 0) is 0 Å². The van der Waals surface area contributed by atoms with E-state index in [4.69, 9.17) is 0 Å². The molecule has 0 radical (unpaired) electrons. The third-order valence-electron chi connectivity index (χ3n) is 2.36. The van der Waals surface area contributed by atoms with E-state index in [0.717, 1.165) is 16.9 Å². The Hall–Kier alpha value is -2.16. The SMILES string of the molecule is c1ccc(-c2ccnc3ccnn23)cc1. The molecular formula is C12H9N3. The Morgan fingerprint density at radius 1 is 0.867 bits per heavy atom. The van der Waals surface area contributed by atoms with E-state index in [0.29, 0.717) is 0 Å². The molecule has 1 aromatic carbocycles. The zero-order chi connectivity index (χ0) is 10.1. The van der Waals surface area contributed by atoms with Crippen LogP contribution in [0.1, 0.15) is 0 Å². The van der Waals surface area contributed by atoms with Gasteiger partial charge in [-0.25, -0.2) is 9.50 Å². The topological polar surface area (TPSA) is 30.2 Å². The van der Waals surface area contributed by atoms with Gasteiger partial charge >= 0.3 is 0 Å². The summed E-state index contributed by atoms with van der Waals surface area (Å²) in [7, 11) is 0. The van der Waals surface area contributed by atoms with E-state index in [1.54, 1.807) is 12.4 Å². The molecule has 0 N–H and O–H groups in total. The van der Waals surface area contributed by atoms with Crippen molar-refractivity contribution in [2.24, 2.45) is 0 Å². The van der Waals surface area contributed by atoms with Gasteiger partial charge in [0.1, 0.15) is 0 Å². The van der Waals surface area contributed by atoms with Gasteiger partial charge in [-0.15, -0.1) is 0 Å². The molecule has 0 aliphatic carbocycles. The fourth-order valence-electron chi connectivity index (χ4n) is 1.66. The highest BCUT2D eigenvalue weighted by Crippen LogP contribution is 2.18. The smallest absolute Gasteiger partial charge is 0.155 e. The molecule has 3 nitrogen and oxygen atoms in total. The van der Waals surface area contributed by atoms with Crippen molar-refractivity contribution in [3.63, 3.8) is 0 Å². The zero-order valence-corrected chi connectivity index (χ0v) is 8.04. The van der Waals surface area contributed by atoms with Gasteiger partial charge in [0.25, 0.3) is 0 Å². The van der Waals surface area contributed by atoms with Gasteiger partial charge in [0.2, 0.25) is 0 Å². The van der Waals surface area contributed by atoms with Crippen molar-refractivity contribution in [1.82, 2.24) is 14.6 Å². The second-order valence-electron chi connectivity index (χ2n) is 3.30. The highest BCUT2D eigenvalue weighted by atomic mass is 15.2. The summed E-state index contributed by atoms with van der Waals surface area (Å²) in [5.74, 6) is 0. The second kappa shape index (κ2) is 3.20. The van der Waals surface area contributed by atoms with Crippen LogP contribution in [0.5, 0.6) is 0 Å². The molecule has 3 heteroatoms. The summed E-state index contributed by atoms with van der Waals surface area (Å²) in [4.78, 5) is 4.23. The van der Waals surface area contributed by atoms with Gasteiger partial charge in [0, 0.05) is 17.8 Å². The van der Waals surface area contributed by atoms with E-state index >= 15 is 0 Å². The molecular weight excluding hydrogens is 186 g/mol. The van der Waals surface area contributed by atoms with Gasteiger partial charge in [0.15, 0.2) is 5.65 Å². The lowest BCUT2D eigenvalue weighted by Gasteiger charge is -2.03. The largest absolute Gasteiger partial charge is 0.237 e. The summed E-state index contributed by atoms with van der Waals surface area (Å²) in [6, 6.07) is 14.0. The first kappa shape index (κ1) is 8.17. The summed E-state index contributed by atoms with van der Waals surface area (Å²) in [5, 5.41) is 4.25. The zero-order valence-electron chi connectivity index (χ0n) is 8.04. The van der Waals surface area contributed by atoms with Gasteiger partial charge in [-0.1, -0.05) is 30.3 Å². The average molecular weight is 195 g/mol. The lowest BCUT2D eigenvalue weighted by atomic mass is 10.1. The van der Waals surface area contributed by atoms with Crippen LogP contribution >= 0.6 is 0 Å². The lowest BCUT2D eigenvalue weighted by Crippen LogP contribution is -1.94. The van der Waals surface area contributed by atoms with E-state index in [-0.39, 0.29) is 0 Å². The molecule has 3 aromatic rings. The minimum atomic E-state index is 0.872. The van der Waals surface area contributed by atoms with Crippen LogP contribution in [-0.4, -0.2) is 14.6 Å². The normalized spacial score (nSPS) is 10.7. The van der Waals surface area contributed by atoms with E-state index in [2.05, 4.69) is 22.2 Å². The fourth-order valence-corrected chi connectivity index (χ4v) is 1.66. The molecule has 0 aliphatic rings.